The van der Waals surface area contributed by atoms with E-state index in [1.165, 1.54) is 24.3 Å². The molecule has 1 aliphatic heterocycles. The third kappa shape index (κ3) is 5.71. The number of ether oxygens (including phenoxy) is 1. The average Bonchev–Trinajstić information content (AvgIpc) is 3.07. The van der Waals surface area contributed by atoms with E-state index in [4.69, 9.17) is 4.74 Å². The second kappa shape index (κ2) is 9.92. The fourth-order valence-corrected chi connectivity index (χ4v) is 6.76. The summed E-state index contributed by atoms with van der Waals surface area (Å²) < 4.78 is 6.02. The molecule has 4 heteroatoms. The van der Waals surface area contributed by atoms with Crippen LogP contribution in [-0.4, -0.2) is 33.4 Å². The van der Waals surface area contributed by atoms with Crippen LogP contribution in [0.1, 0.15) is 85.5 Å². The van der Waals surface area contributed by atoms with Crippen LogP contribution < -0.4 is 0 Å². The Hall–Kier alpha value is -1.65. The molecule has 0 amide bonds. The minimum atomic E-state index is -0.392. The van der Waals surface area contributed by atoms with Crippen molar-refractivity contribution in [2.75, 3.05) is 0 Å². The monoisotopic (exact) mass is 453 g/mol. The number of hydrogen-bond donors (Lipinski definition) is 1. The molecular formula is C29H43NO3. The molecule has 0 aromatic carbocycles. The molecule has 1 unspecified atom stereocenters. The van der Waals surface area contributed by atoms with Crippen LogP contribution in [0, 0.1) is 23.7 Å². The first-order valence-corrected chi connectivity index (χ1v) is 13.1. The molecule has 1 atom stereocenters. The van der Waals surface area contributed by atoms with Gasteiger partial charge in [0.1, 0.15) is 6.10 Å². The minimum absolute atomic E-state index is 0.0113. The van der Waals surface area contributed by atoms with Gasteiger partial charge in [-0.15, -0.1) is 0 Å². The molecular weight excluding hydrogens is 410 g/mol. The molecule has 4 aliphatic rings. The van der Waals surface area contributed by atoms with Crippen molar-refractivity contribution in [3.63, 3.8) is 0 Å². The van der Waals surface area contributed by atoms with Gasteiger partial charge in [0.2, 0.25) is 0 Å². The Balaban J connectivity index is 1.25. The molecule has 1 heterocycles. The van der Waals surface area contributed by atoms with E-state index in [-0.39, 0.29) is 18.0 Å². The number of allylic oxidation sites excluding steroid dienone is 8. The highest BCUT2D eigenvalue weighted by molar-refractivity contribution is 5.72. The zero-order valence-electron chi connectivity index (χ0n) is 21.0. The molecule has 3 aliphatic carbocycles. The van der Waals surface area contributed by atoms with Crippen molar-refractivity contribution < 1.29 is 14.7 Å². The Morgan fingerprint density at radius 2 is 1.52 bits per heavy atom. The lowest BCUT2D eigenvalue weighted by Gasteiger charge is -2.51. The minimum Gasteiger partial charge on any atom is -0.462 e. The number of hydroxylamine groups is 2. The number of esters is 1. The van der Waals surface area contributed by atoms with Gasteiger partial charge in [-0.05, 0) is 84.5 Å². The Labute approximate surface area is 200 Å². The second-order valence-corrected chi connectivity index (χ2v) is 12.0. The summed E-state index contributed by atoms with van der Waals surface area (Å²) in [6, 6.07) is 0. The van der Waals surface area contributed by atoms with E-state index in [0.29, 0.717) is 18.8 Å². The van der Waals surface area contributed by atoms with Crippen molar-refractivity contribution in [1.82, 2.24) is 5.06 Å². The van der Waals surface area contributed by atoms with Gasteiger partial charge in [-0.3, -0.25) is 4.79 Å². The van der Waals surface area contributed by atoms with Crippen LogP contribution in [-0.2, 0) is 9.53 Å². The topological polar surface area (TPSA) is 49.8 Å². The fourth-order valence-electron chi connectivity index (χ4n) is 6.76. The molecule has 4 nitrogen and oxygen atoms in total. The zero-order valence-corrected chi connectivity index (χ0v) is 21.0. The first kappa shape index (κ1) is 24.5. The first-order valence-electron chi connectivity index (χ1n) is 13.1. The number of piperidine rings is 1. The number of nitrogens with zero attached hydrogens (tertiary/aromatic N) is 1. The number of carbonyl (C=O) groups is 1. The normalized spacial score (nSPS) is 32.9. The van der Waals surface area contributed by atoms with Crippen molar-refractivity contribution in [3.8, 4) is 0 Å². The summed E-state index contributed by atoms with van der Waals surface area (Å²) in [5, 5.41) is 11.9. The Bertz CT molecular complexity index is 792. The van der Waals surface area contributed by atoms with Crippen molar-refractivity contribution in [1.29, 1.82) is 0 Å². The average molecular weight is 454 g/mol. The van der Waals surface area contributed by atoms with Crippen LogP contribution in [0.3, 0.4) is 0 Å². The summed E-state index contributed by atoms with van der Waals surface area (Å²) >= 11 is 0. The lowest BCUT2D eigenvalue weighted by molar-refractivity contribution is -0.260. The van der Waals surface area contributed by atoms with E-state index < -0.39 is 11.1 Å². The molecule has 1 N–H and O–H groups in total. The van der Waals surface area contributed by atoms with Crippen LogP contribution in [0.25, 0.3) is 0 Å². The van der Waals surface area contributed by atoms with E-state index >= 15 is 0 Å². The highest BCUT2D eigenvalue weighted by Crippen LogP contribution is 2.42. The zero-order chi connectivity index (χ0) is 23.6. The maximum absolute atomic E-state index is 13.0. The van der Waals surface area contributed by atoms with Gasteiger partial charge in [0.15, 0.2) is 0 Å². The summed E-state index contributed by atoms with van der Waals surface area (Å²) in [6.45, 7) is 8.07. The quantitative estimate of drug-likeness (QED) is 0.377. The Morgan fingerprint density at radius 1 is 0.909 bits per heavy atom. The van der Waals surface area contributed by atoms with E-state index in [0.717, 1.165) is 37.5 Å². The third-order valence-corrected chi connectivity index (χ3v) is 8.54. The lowest BCUT2D eigenvalue weighted by Crippen LogP contribution is -2.60. The first-order chi connectivity index (χ1) is 15.7. The number of rotatable bonds is 4. The standard InChI is InChI=1S/C29H43NO3/c1-28(2)19-26(20-29(3,4)30(28)32)33-27(31)25-17-15-24(16-18-25)23-13-11-22(12-14-23)21-9-7-5-6-8-10-21/h5-11,21,23-26,32H,12-20H2,1-4H3. The predicted molar refractivity (Wildman–Crippen MR) is 133 cm³/mol. The van der Waals surface area contributed by atoms with Gasteiger partial charge in [0.05, 0.1) is 5.92 Å². The fraction of sp³-hybridized carbons (Fsp3) is 0.690. The molecule has 0 aromatic heterocycles. The largest absolute Gasteiger partial charge is 0.462 e. The molecule has 0 radical (unpaired) electrons. The van der Waals surface area contributed by atoms with E-state index in [1.54, 1.807) is 5.57 Å². The highest BCUT2D eigenvalue weighted by Gasteiger charge is 2.46. The molecule has 1 saturated heterocycles. The SMILES string of the molecule is CC1(C)CC(OC(=O)C2CCC(C3CC=C(C4C=CC=CC=C4)CC3)CC2)CC(C)(C)N1O. The van der Waals surface area contributed by atoms with E-state index in [9.17, 15) is 10.0 Å². The second-order valence-electron chi connectivity index (χ2n) is 12.0. The Kier molecular flexibility index (Phi) is 7.35. The predicted octanol–water partition coefficient (Wildman–Crippen LogP) is 6.77. The number of carbonyl (C=O) groups excluding carboxylic acids is 1. The summed E-state index contributed by atoms with van der Waals surface area (Å²) in [6.07, 6.45) is 24.7. The summed E-state index contributed by atoms with van der Waals surface area (Å²) in [5.41, 5.74) is 0.784. The van der Waals surface area contributed by atoms with Gasteiger partial charge in [-0.1, -0.05) is 48.1 Å². The van der Waals surface area contributed by atoms with Crippen LogP contribution in [0.15, 0.2) is 48.1 Å². The Morgan fingerprint density at radius 3 is 2.06 bits per heavy atom. The van der Waals surface area contributed by atoms with Crippen molar-refractivity contribution >= 4 is 5.97 Å². The highest BCUT2D eigenvalue weighted by atomic mass is 16.5. The van der Waals surface area contributed by atoms with Crippen LogP contribution >= 0.6 is 0 Å². The van der Waals surface area contributed by atoms with E-state index in [1.807, 2.05) is 27.7 Å². The van der Waals surface area contributed by atoms with Crippen LogP contribution in [0.2, 0.25) is 0 Å². The molecule has 33 heavy (non-hydrogen) atoms. The third-order valence-electron chi connectivity index (χ3n) is 8.54. The molecule has 1 saturated carbocycles. The smallest absolute Gasteiger partial charge is 0.309 e. The molecule has 4 rings (SSSR count). The van der Waals surface area contributed by atoms with Gasteiger partial charge < -0.3 is 9.94 Å². The molecule has 0 aromatic rings. The van der Waals surface area contributed by atoms with Gasteiger partial charge in [-0.25, -0.2) is 0 Å². The van der Waals surface area contributed by atoms with Gasteiger partial charge >= 0.3 is 5.97 Å². The van der Waals surface area contributed by atoms with E-state index in [2.05, 4.69) is 42.5 Å². The summed E-state index contributed by atoms with van der Waals surface area (Å²) in [5.74, 6) is 1.99. The molecule has 0 bridgehead atoms. The van der Waals surface area contributed by atoms with Crippen LogP contribution in [0.5, 0.6) is 0 Å². The maximum atomic E-state index is 13.0. The molecule has 0 spiro atoms. The van der Waals surface area contributed by atoms with Gasteiger partial charge in [0, 0.05) is 29.8 Å². The summed E-state index contributed by atoms with van der Waals surface area (Å²) in [4.78, 5) is 13.0. The molecule has 2 fully saturated rings. The van der Waals surface area contributed by atoms with Gasteiger partial charge in [0.25, 0.3) is 0 Å². The lowest BCUT2D eigenvalue weighted by atomic mass is 9.70. The van der Waals surface area contributed by atoms with Crippen LogP contribution in [0.4, 0.5) is 0 Å². The number of hydrogen-bond acceptors (Lipinski definition) is 4. The van der Waals surface area contributed by atoms with Gasteiger partial charge in [-0.2, -0.15) is 5.06 Å². The van der Waals surface area contributed by atoms with Crippen molar-refractivity contribution in [3.05, 3.63) is 48.1 Å². The van der Waals surface area contributed by atoms with Crippen molar-refractivity contribution in [2.24, 2.45) is 23.7 Å². The summed E-state index contributed by atoms with van der Waals surface area (Å²) in [7, 11) is 0. The molecule has 182 valence electrons. The maximum Gasteiger partial charge on any atom is 0.309 e. The van der Waals surface area contributed by atoms with Crippen molar-refractivity contribution in [2.45, 2.75) is 103 Å².